The number of ether oxygens (including phenoxy) is 2. The number of rotatable bonds is 4. The molecule has 128 valence electrons. The highest BCUT2D eigenvalue weighted by Crippen LogP contribution is 2.32. The number of nitrogens with one attached hydrogen (secondary N) is 1. The Morgan fingerprint density at radius 3 is 2.88 bits per heavy atom. The van der Waals surface area contributed by atoms with Gasteiger partial charge in [-0.2, -0.15) is 0 Å². The average molecular weight is 368 g/mol. The quantitative estimate of drug-likeness (QED) is 0.867. The summed E-state index contributed by atoms with van der Waals surface area (Å²) >= 11 is 7.49. The number of aromatic nitrogens is 1. The number of carbonyl (C=O) groups is 1. The highest BCUT2D eigenvalue weighted by molar-refractivity contribution is 7.14. The fourth-order valence-electron chi connectivity index (χ4n) is 2.47. The molecular formula is C16H18ClN3O3S. The summed E-state index contributed by atoms with van der Waals surface area (Å²) in [5.74, 6) is 0.383. The number of anilines is 1. The summed E-state index contributed by atoms with van der Waals surface area (Å²) < 4.78 is 10.4. The molecule has 0 bridgehead atoms. The molecule has 0 saturated carbocycles. The third-order valence-electron chi connectivity index (χ3n) is 4.01. The Balaban J connectivity index is 1.73. The number of methoxy groups -OCH3 is 1. The Labute approximate surface area is 148 Å². The molecule has 0 radical (unpaired) electrons. The van der Waals surface area contributed by atoms with E-state index in [4.69, 9.17) is 26.8 Å². The second-order valence-electron chi connectivity index (χ2n) is 5.61. The molecule has 3 rings (SSSR count). The summed E-state index contributed by atoms with van der Waals surface area (Å²) in [6.45, 7) is 0.995. The molecule has 24 heavy (non-hydrogen) atoms. The minimum Gasteiger partial charge on any atom is -0.495 e. The molecule has 1 aliphatic heterocycles. The van der Waals surface area contributed by atoms with E-state index in [1.165, 1.54) is 11.3 Å². The van der Waals surface area contributed by atoms with Gasteiger partial charge in [0.25, 0.3) is 0 Å². The minimum absolute atomic E-state index is 0.223. The molecule has 1 aliphatic rings. The van der Waals surface area contributed by atoms with Crippen LogP contribution in [0, 0.1) is 0 Å². The van der Waals surface area contributed by atoms with E-state index in [-0.39, 0.29) is 5.91 Å². The number of thiazole rings is 1. The van der Waals surface area contributed by atoms with Crippen LogP contribution in [0.15, 0.2) is 23.6 Å². The lowest BCUT2D eigenvalue weighted by atomic mass is 9.90. The van der Waals surface area contributed by atoms with E-state index in [2.05, 4.69) is 10.3 Å². The van der Waals surface area contributed by atoms with Gasteiger partial charge in [-0.15, -0.1) is 11.3 Å². The number of amides is 1. The topological polar surface area (TPSA) is 86.5 Å². The summed E-state index contributed by atoms with van der Waals surface area (Å²) in [5, 5.41) is 5.69. The van der Waals surface area contributed by atoms with Gasteiger partial charge < -0.3 is 20.5 Å². The highest BCUT2D eigenvalue weighted by Gasteiger charge is 2.36. The Morgan fingerprint density at radius 2 is 2.21 bits per heavy atom. The van der Waals surface area contributed by atoms with Crippen molar-refractivity contribution < 1.29 is 14.3 Å². The van der Waals surface area contributed by atoms with Crippen molar-refractivity contribution in [3.8, 4) is 17.0 Å². The number of hydrogen-bond donors (Lipinski definition) is 2. The lowest BCUT2D eigenvalue weighted by Gasteiger charge is -2.31. The number of carbonyl (C=O) groups excluding carboxylic acids is 1. The first-order valence-electron chi connectivity index (χ1n) is 7.49. The van der Waals surface area contributed by atoms with Crippen molar-refractivity contribution in [3.63, 3.8) is 0 Å². The minimum atomic E-state index is -0.895. The smallest absolute Gasteiger partial charge is 0.246 e. The monoisotopic (exact) mass is 367 g/mol. The van der Waals surface area contributed by atoms with E-state index in [1.54, 1.807) is 19.2 Å². The van der Waals surface area contributed by atoms with Crippen LogP contribution in [0.3, 0.4) is 0 Å². The van der Waals surface area contributed by atoms with E-state index in [9.17, 15) is 4.79 Å². The number of nitrogens with two attached hydrogens (primary N) is 1. The lowest BCUT2D eigenvalue weighted by Crippen LogP contribution is -2.54. The lowest BCUT2D eigenvalue weighted by molar-refractivity contribution is -0.124. The normalized spacial score (nSPS) is 16.6. The molecule has 0 spiro atoms. The fraction of sp³-hybridized carbons (Fsp3) is 0.375. The Morgan fingerprint density at radius 1 is 1.46 bits per heavy atom. The molecule has 1 aromatic carbocycles. The summed E-state index contributed by atoms with van der Waals surface area (Å²) in [7, 11) is 1.57. The summed E-state index contributed by atoms with van der Waals surface area (Å²) in [6.07, 6.45) is 1.01. The number of benzene rings is 1. The van der Waals surface area contributed by atoms with Gasteiger partial charge in [0.2, 0.25) is 5.91 Å². The molecular weight excluding hydrogens is 350 g/mol. The summed E-state index contributed by atoms with van der Waals surface area (Å²) in [5.41, 5.74) is 6.87. The standard InChI is InChI=1S/C16H18ClN3O3S/c1-22-13-3-2-10(8-11(13)17)12-9-24-15(19-12)20-14(21)16(18)4-6-23-7-5-16/h2-3,8-9H,4-7,18H2,1H3,(H,19,20,21). The van der Waals surface area contributed by atoms with Crippen LogP contribution in [-0.2, 0) is 9.53 Å². The molecule has 2 aromatic rings. The van der Waals surface area contributed by atoms with Gasteiger partial charge in [0.15, 0.2) is 5.13 Å². The maximum atomic E-state index is 12.4. The van der Waals surface area contributed by atoms with E-state index in [0.717, 1.165) is 11.3 Å². The molecule has 1 saturated heterocycles. The van der Waals surface area contributed by atoms with Crippen LogP contribution in [0.5, 0.6) is 5.75 Å². The van der Waals surface area contributed by atoms with Crippen LogP contribution in [0.1, 0.15) is 12.8 Å². The van der Waals surface area contributed by atoms with E-state index < -0.39 is 5.54 Å². The van der Waals surface area contributed by atoms with Crippen molar-refractivity contribution in [2.75, 3.05) is 25.6 Å². The van der Waals surface area contributed by atoms with E-state index in [1.807, 2.05) is 11.4 Å². The highest BCUT2D eigenvalue weighted by atomic mass is 35.5. The predicted molar refractivity (Wildman–Crippen MR) is 94.7 cm³/mol. The number of hydrogen-bond acceptors (Lipinski definition) is 6. The molecule has 0 unspecified atom stereocenters. The Hall–Kier alpha value is -1.67. The Kier molecular flexibility index (Phi) is 5.05. The van der Waals surface area contributed by atoms with Gasteiger partial charge in [0, 0.05) is 24.2 Å². The van der Waals surface area contributed by atoms with Crippen molar-refractivity contribution in [1.29, 1.82) is 0 Å². The van der Waals surface area contributed by atoms with Crippen molar-refractivity contribution in [2.24, 2.45) is 5.73 Å². The largest absolute Gasteiger partial charge is 0.495 e. The number of halogens is 1. The molecule has 8 heteroatoms. The predicted octanol–water partition coefficient (Wildman–Crippen LogP) is 2.92. The first kappa shape index (κ1) is 17.2. The molecule has 1 fully saturated rings. The van der Waals surface area contributed by atoms with Gasteiger partial charge in [-0.25, -0.2) is 4.98 Å². The van der Waals surface area contributed by atoms with Gasteiger partial charge in [-0.1, -0.05) is 11.6 Å². The molecule has 1 amide bonds. The van der Waals surface area contributed by atoms with E-state index >= 15 is 0 Å². The third-order valence-corrected chi connectivity index (χ3v) is 5.06. The summed E-state index contributed by atoms with van der Waals surface area (Å²) in [6, 6.07) is 5.43. The SMILES string of the molecule is COc1ccc(-c2csc(NC(=O)C3(N)CCOCC3)n2)cc1Cl. The van der Waals surface area contributed by atoms with Crippen LogP contribution >= 0.6 is 22.9 Å². The molecule has 3 N–H and O–H groups in total. The van der Waals surface area contributed by atoms with Crippen LogP contribution in [0.2, 0.25) is 5.02 Å². The average Bonchev–Trinajstić information content (AvgIpc) is 3.04. The molecule has 0 atom stereocenters. The molecule has 2 heterocycles. The van der Waals surface area contributed by atoms with Gasteiger partial charge >= 0.3 is 0 Å². The van der Waals surface area contributed by atoms with E-state index in [0.29, 0.717) is 42.0 Å². The molecule has 0 aliphatic carbocycles. The Bertz CT molecular complexity index is 744. The maximum Gasteiger partial charge on any atom is 0.246 e. The van der Waals surface area contributed by atoms with Gasteiger partial charge in [0.05, 0.1) is 17.8 Å². The van der Waals surface area contributed by atoms with Crippen molar-refractivity contribution in [1.82, 2.24) is 4.98 Å². The second-order valence-corrected chi connectivity index (χ2v) is 6.88. The zero-order valence-corrected chi connectivity index (χ0v) is 14.7. The van der Waals surface area contributed by atoms with Crippen molar-refractivity contribution >= 4 is 34.0 Å². The maximum absolute atomic E-state index is 12.4. The van der Waals surface area contributed by atoms with Gasteiger partial charge in [0.1, 0.15) is 11.3 Å². The van der Waals surface area contributed by atoms with Crippen LogP contribution < -0.4 is 15.8 Å². The van der Waals surface area contributed by atoms with Gasteiger partial charge in [-0.3, -0.25) is 4.79 Å². The second kappa shape index (κ2) is 7.06. The summed E-state index contributed by atoms with van der Waals surface area (Å²) in [4.78, 5) is 16.9. The van der Waals surface area contributed by atoms with Crippen LogP contribution in [0.25, 0.3) is 11.3 Å². The molecule has 6 nitrogen and oxygen atoms in total. The van der Waals surface area contributed by atoms with Gasteiger partial charge in [-0.05, 0) is 31.0 Å². The van der Waals surface area contributed by atoms with Crippen molar-refractivity contribution in [3.05, 3.63) is 28.6 Å². The first-order chi connectivity index (χ1) is 11.5. The van der Waals surface area contributed by atoms with Crippen molar-refractivity contribution in [2.45, 2.75) is 18.4 Å². The first-order valence-corrected chi connectivity index (χ1v) is 8.75. The zero-order valence-electron chi connectivity index (χ0n) is 13.2. The number of nitrogens with zero attached hydrogens (tertiary/aromatic N) is 1. The van der Waals surface area contributed by atoms with Crippen LogP contribution in [0.4, 0.5) is 5.13 Å². The fourth-order valence-corrected chi connectivity index (χ4v) is 3.45. The zero-order chi connectivity index (χ0) is 17.2. The van der Waals surface area contributed by atoms with Crippen LogP contribution in [-0.4, -0.2) is 36.8 Å². The molecule has 1 aromatic heterocycles. The third kappa shape index (κ3) is 3.54.